The quantitative estimate of drug-likeness (QED) is 0.669. The van der Waals surface area contributed by atoms with Gasteiger partial charge in [0.2, 0.25) is 0 Å². The van der Waals surface area contributed by atoms with E-state index in [0.29, 0.717) is 5.92 Å². The average molecular weight is 235 g/mol. The van der Waals surface area contributed by atoms with Gasteiger partial charge in [0.25, 0.3) is 0 Å². The van der Waals surface area contributed by atoms with Crippen molar-refractivity contribution in [2.45, 2.75) is 54.4 Å². The number of fused-ring (bicyclic) bond motifs is 1. The molecule has 0 spiro atoms. The normalized spacial score (nSPS) is 9.41. The van der Waals surface area contributed by atoms with Gasteiger partial charge >= 0.3 is 0 Å². The molecule has 0 amide bonds. The second-order valence-corrected chi connectivity index (χ2v) is 3.68. The highest BCUT2D eigenvalue weighted by Crippen LogP contribution is 2.21. The number of oxazole rings is 1. The number of aryl methyl sites for hydroxylation is 1. The Morgan fingerprint density at radius 3 is 2.18 bits per heavy atom. The predicted octanol–water partition coefficient (Wildman–Crippen LogP) is 5.31. The Hall–Kier alpha value is -1.31. The van der Waals surface area contributed by atoms with Crippen LogP contribution in [-0.2, 0) is 0 Å². The largest absolute Gasteiger partial charge is 0.440 e. The van der Waals surface area contributed by atoms with E-state index in [1.54, 1.807) is 0 Å². The standard InChI is InChI=1S/C11H13NO.2C2H6/c1-7(2)11-12-9-6-8(3)4-5-10(9)13-11;2*1-2/h4-7H,1-3H3;2*1-2H3. The molecule has 2 aromatic rings. The zero-order chi connectivity index (χ0) is 13.4. The van der Waals surface area contributed by atoms with E-state index in [4.69, 9.17) is 4.42 Å². The summed E-state index contributed by atoms with van der Waals surface area (Å²) in [6, 6.07) is 6.06. The van der Waals surface area contributed by atoms with Crippen LogP contribution in [0.5, 0.6) is 0 Å². The van der Waals surface area contributed by atoms with Gasteiger partial charge in [0.1, 0.15) is 5.52 Å². The van der Waals surface area contributed by atoms with Crippen LogP contribution in [0.15, 0.2) is 22.6 Å². The summed E-state index contributed by atoms with van der Waals surface area (Å²) in [6.07, 6.45) is 0. The molecule has 0 unspecified atom stereocenters. The number of hydrogen-bond donors (Lipinski definition) is 0. The fourth-order valence-electron chi connectivity index (χ4n) is 1.30. The van der Waals surface area contributed by atoms with Gasteiger partial charge < -0.3 is 4.42 Å². The van der Waals surface area contributed by atoms with Crippen LogP contribution in [0.25, 0.3) is 11.1 Å². The monoisotopic (exact) mass is 235 g/mol. The lowest BCUT2D eigenvalue weighted by molar-refractivity contribution is 0.501. The highest BCUT2D eigenvalue weighted by Gasteiger charge is 2.08. The first-order valence-electron chi connectivity index (χ1n) is 6.54. The fourth-order valence-corrected chi connectivity index (χ4v) is 1.30. The maximum Gasteiger partial charge on any atom is 0.198 e. The van der Waals surface area contributed by atoms with Crippen molar-refractivity contribution < 1.29 is 4.42 Å². The molecule has 1 aromatic carbocycles. The van der Waals surface area contributed by atoms with Crippen LogP contribution < -0.4 is 0 Å². The Labute approximate surface area is 105 Å². The Morgan fingerprint density at radius 1 is 1.06 bits per heavy atom. The van der Waals surface area contributed by atoms with Crippen molar-refractivity contribution in [3.63, 3.8) is 0 Å². The first-order valence-corrected chi connectivity index (χ1v) is 6.54. The summed E-state index contributed by atoms with van der Waals surface area (Å²) in [5, 5.41) is 0. The molecule has 0 aliphatic rings. The number of benzene rings is 1. The van der Waals surface area contributed by atoms with Crippen molar-refractivity contribution in [2.75, 3.05) is 0 Å². The van der Waals surface area contributed by atoms with Crippen molar-refractivity contribution in [1.29, 1.82) is 0 Å². The van der Waals surface area contributed by atoms with Gasteiger partial charge in [-0.2, -0.15) is 0 Å². The van der Waals surface area contributed by atoms with Gasteiger partial charge in [-0.05, 0) is 24.6 Å². The van der Waals surface area contributed by atoms with Gasteiger partial charge in [0, 0.05) is 5.92 Å². The number of nitrogens with zero attached hydrogens (tertiary/aromatic N) is 1. The second kappa shape index (κ2) is 7.88. The van der Waals surface area contributed by atoms with Crippen LogP contribution in [-0.4, -0.2) is 4.98 Å². The molecule has 0 saturated carbocycles. The van der Waals surface area contributed by atoms with Crippen LogP contribution in [0.2, 0.25) is 0 Å². The first kappa shape index (κ1) is 15.7. The van der Waals surface area contributed by atoms with E-state index < -0.39 is 0 Å². The van der Waals surface area contributed by atoms with Crippen molar-refractivity contribution in [3.05, 3.63) is 29.7 Å². The lowest BCUT2D eigenvalue weighted by atomic mass is 10.2. The van der Waals surface area contributed by atoms with Gasteiger partial charge in [0.15, 0.2) is 11.5 Å². The van der Waals surface area contributed by atoms with E-state index in [9.17, 15) is 0 Å². The van der Waals surface area contributed by atoms with Gasteiger partial charge in [-0.3, -0.25) is 0 Å². The molecule has 1 aromatic heterocycles. The molecule has 0 bridgehead atoms. The van der Waals surface area contributed by atoms with Gasteiger partial charge in [-0.25, -0.2) is 4.98 Å². The Balaban J connectivity index is 0.000000581. The van der Waals surface area contributed by atoms with Crippen LogP contribution >= 0.6 is 0 Å². The Morgan fingerprint density at radius 2 is 1.65 bits per heavy atom. The third kappa shape index (κ3) is 4.22. The first-order chi connectivity index (χ1) is 8.16. The molecule has 17 heavy (non-hydrogen) atoms. The molecule has 0 saturated heterocycles. The predicted molar refractivity (Wildman–Crippen MR) is 75.5 cm³/mol. The average Bonchev–Trinajstić information content (AvgIpc) is 2.77. The molecule has 2 heteroatoms. The van der Waals surface area contributed by atoms with E-state index in [0.717, 1.165) is 17.0 Å². The highest BCUT2D eigenvalue weighted by molar-refractivity contribution is 5.73. The van der Waals surface area contributed by atoms with Crippen molar-refractivity contribution in [2.24, 2.45) is 0 Å². The highest BCUT2D eigenvalue weighted by atomic mass is 16.3. The topological polar surface area (TPSA) is 26.0 Å². The molecule has 0 fully saturated rings. The molecule has 0 aliphatic heterocycles. The van der Waals surface area contributed by atoms with E-state index in [1.165, 1.54) is 5.56 Å². The fraction of sp³-hybridized carbons (Fsp3) is 0.533. The molecule has 2 rings (SSSR count). The van der Waals surface area contributed by atoms with Gasteiger partial charge in [0.05, 0.1) is 0 Å². The van der Waals surface area contributed by atoms with E-state index >= 15 is 0 Å². The zero-order valence-electron chi connectivity index (χ0n) is 12.2. The Bertz CT molecular complexity index is 429. The third-order valence-corrected chi connectivity index (χ3v) is 2.05. The Kier molecular flexibility index (Phi) is 7.27. The number of rotatable bonds is 1. The van der Waals surface area contributed by atoms with E-state index in [-0.39, 0.29) is 0 Å². The minimum absolute atomic E-state index is 0.354. The SMILES string of the molecule is CC.CC.Cc1ccc2oc(C(C)C)nc2c1. The van der Waals surface area contributed by atoms with Crippen LogP contribution in [0, 0.1) is 6.92 Å². The zero-order valence-corrected chi connectivity index (χ0v) is 12.2. The third-order valence-electron chi connectivity index (χ3n) is 2.05. The van der Waals surface area contributed by atoms with E-state index in [1.807, 2.05) is 45.9 Å². The molecule has 1 heterocycles. The summed E-state index contributed by atoms with van der Waals surface area (Å²) >= 11 is 0. The van der Waals surface area contributed by atoms with Crippen molar-refractivity contribution >= 4 is 11.1 Å². The minimum Gasteiger partial charge on any atom is -0.440 e. The van der Waals surface area contributed by atoms with Crippen molar-refractivity contribution in [1.82, 2.24) is 4.98 Å². The molecule has 2 nitrogen and oxygen atoms in total. The number of hydrogen-bond acceptors (Lipinski definition) is 2. The van der Waals surface area contributed by atoms with Gasteiger partial charge in [-0.1, -0.05) is 47.6 Å². The molecule has 96 valence electrons. The van der Waals surface area contributed by atoms with Crippen LogP contribution in [0.3, 0.4) is 0 Å². The molecule has 0 N–H and O–H groups in total. The summed E-state index contributed by atoms with van der Waals surface area (Å²) in [5.41, 5.74) is 3.06. The molecule has 0 atom stereocenters. The van der Waals surface area contributed by atoms with Crippen molar-refractivity contribution in [3.8, 4) is 0 Å². The number of aromatic nitrogens is 1. The smallest absolute Gasteiger partial charge is 0.198 e. The molecular formula is C15H25NO. The summed E-state index contributed by atoms with van der Waals surface area (Å²) in [6.45, 7) is 14.2. The maximum absolute atomic E-state index is 5.57. The molecule has 0 radical (unpaired) electrons. The molecule has 0 aliphatic carbocycles. The van der Waals surface area contributed by atoms with Gasteiger partial charge in [-0.15, -0.1) is 0 Å². The van der Waals surface area contributed by atoms with E-state index in [2.05, 4.69) is 25.8 Å². The summed E-state index contributed by atoms with van der Waals surface area (Å²) in [4.78, 5) is 4.41. The lowest BCUT2D eigenvalue weighted by Gasteiger charge is -1.93. The lowest BCUT2D eigenvalue weighted by Crippen LogP contribution is -1.84. The maximum atomic E-state index is 5.57. The summed E-state index contributed by atoms with van der Waals surface area (Å²) < 4.78 is 5.57. The summed E-state index contributed by atoms with van der Waals surface area (Å²) in [7, 11) is 0. The van der Waals surface area contributed by atoms with Crippen LogP contribution in [0.4, 0.5) is 0 Å². The summed E-state index contributed by atoms with van der Waals surface area (Å²) in [5.74, 6) is 1.17. The van der Waals surface area contributed by atoms with Crippen LogP contribution in [0.1, 0.15) is 58.9 Å². The molecular weight excluding hydrogens is 210 g/mol. The second-order valence-electron chi connectivity index (χ2n) is 3.68. The minimum atomic E-state index is 0.354.